The van der Waals surface area contributed by atoms with Crippen molar-refractivity contribution in [3.8, 4) is 6.07 Å². The van der Waals surface area contributed by atoms with E-state index in [0.29, 0.717) is 25.4 Å². The van der Waals surface area contributed by atoms with E-state index in [4.69, 9.17) is 14.2 Å². The van der Waals surface area contributed by atoms with Crippen molar-refractivity contribution in [1.29, 1.82) is 5.26 Å². The van der Waals surface area contributed by atoms with Crippen LogP contribution in [0.2, 0.25) is 0 Å². The first-order chi connectivity index (χ1) is 8.14. The molecule has 1 spiro atoms. The van der Waals surface area contributed by atoms with Gasteiger partial charge in [-0.05, 0) is 12.8 Å². The number of hydrogen-bond donors (Lipinski definition) is 0. The Kier molecular flexibility index (Phi) is 3.41. The van der Waals surface area contributed by atoms with E-state index in [9.17, 15) is 5.26 Å². The van der Waals surface area contributed by atoms with Crippen LogP contribution in [0.15, 0.2) is 12.3 Å². The highest BCUT2D eigenvalue weighted by molar-refractivity contribution is 5.08. The van der Waals surface area contributed by atoms with Crippen molar-refractivity contribution >= 4 is 0 Å². The van der Waals surface area contributed by atoms with Crippen LogP contribution in [0.1, 0.15) is 32.1 Å². The lowest BCUT2D eigenvalue weighted by Crippen LogP contribution is -2.39. The van der Waals surface area contributed by atoms with Gasteiger partial charge in [0, 0.05) is 19.3 Å². The zero-order valence-corrected chi connectivity index (χ0v) is 10.3. The van der Waals surface area contributed by atoms with Crippen molar-refractivity contribution in [3.05, 3.63) is 12.3 Å². The summed E-state index contributed by atoms with van der Waals surface area (Å²) < 4.78 is 16.4. The van der Waals surface area contributed by atoms with Crippen LogP contribution in [0.25, 0.3) is 0 Å². The quantitative estimate of drug-likeness (QED) is 0.707. The molecule has 0 atom stereocenters. The van der Waals surface area contributed by atoms with Gasteiger partial charge in [0.2, 0.25) is 0 Å². The summed E-state index contributed by atoms with van der Waals surface area (Å²) in [6, 6.07) is 2.44. The topological polar surface area (TPSA) is 51.5 Å². The van der Waals surface area contributed by atoms with Gasteiger partial charge in [0.25, 0.3) is 0 Å². The molecule has 94 valence electrons. The second-order valence-electron chi connectivity index (χ2n) is 4.92. The molecule has 1 saturated heterocycles. The Labute approximate surface area is 102 Å². The Morgan fingerprint density at radius 2 is 1.88 bits per heavy atom. The molecule has 0 N–H and O–H groups in total. The molecular formula is C13H19NO3. The van der Waals surface area contributed by atoms with E-state index in [2.05, 4.69) is 12.6 Å². The maximum absolute atomic E-state index is 9.39. The van der Waals surface area contributed by atoms with Crippen LogP contribution < -0.4 is 0 Å². The molecule has 2 fully saturated rings. The summed E-state index contributed by atoms with van der Waals surface area (Å²) in [5.41, 5.74) is -0.354. The van der Waals surface area contributed by atoms with E-state index < -0.39 is 5.79 Å². The molecule has 4 heteroatoms. The Balaban J connectivity index is 1.99. The fourth-order valence-electron chi connectivity index (χ4n) is 2.67. The summed E-state index contributed by atoms with van der Waals surface area (Å²) in [5, 5.41) is 9.39. The molecular weight excluding hydrogens is 218 g/mol. The van der Waals surface area contributed by atoms with Crippen LogP contribution >= 0.6 is 0 Å². The van der Waals surface area contributed by atoms with Crippen LogP contribution in [0, 0.1) is 16.7 Å². The highest BCUT2D eigenvalue weighted by Crippen LogP contribution is 2.47. The number of nitrogens with zero attached hydrogens (tertiary/aromatic N) is 1. The van der Waals surface area contributed by atoms with Gasteiger partial charge in [-0.3, -0.25) is 0 Å². The Morgan fingerprint density at radius 1 is 1.29 bits per heavy atom. The first-order valence-corrected chi connectivity index (χ1v) is 6.05. The van der Waals surface area contributed by atoms with E-state index in [-0.39, 0.29) is 5.41 Å². The minimum absolute atomic E-state index is 0.354. The first kappa shape index (κ1) is 12.4. The lowest BCUT2D eigenvalue weighted by Gasteiger charge is -2.39. The number of rotatable bonds is 3. The van der Waals surface area contributed by atoms with E-state index >= 15 is 0 Å². The molecule has 0 radical (unpaired) electrons. The fraction of sp³-hybridized carbons (Fsp3) is 0.769. The van der Waals surface area contributed by atoms with E-state index in [1.807, 2.05) is 0 Å². The number of nitriles is 1. The van der Waals surface area contributed by atoms with Crippen molar-refractivity contribution in [1.82, 2.24) is 0 Å². The van der Waals surface area contributed by atoms with Gasteiger partial charge < -0.3 is 14.2 Å². The molecule has 1 heterocycles. The molecule has 0 unspecified atom stereocenters. The van der Waals surface area contributed by atoms with Crippen LogP contribution in [-0.2, 0) is 14.2 Å². The van der Waals surface area contributed by atoms with Gasteiger partial charge >= 0.3 is 0 Å². The molecule has 0 aromatic rings. The predicted octanol–water partition coefficient (Wildman–Crippen LogP) is 2.36. The third kappa shape index (κ3) is 2.46. The van der Waals surface area contributed by atoms with Crippen molar-refractivity contribution in [3.63, 3.8) is 0 Å². The average molecular weight is 237 g/mol. The lowest BCUT2D eigenvalue weighted by molar-refractivity contribution is -0.187. The van der Waals surface area contributed by atoms with E-state index in [1.54, 1.807) is 7.11 Å². The van der Waals surface area contributed by atoms with Crippen molar-refractivity contribution in [2.24, 2.45) is 5.41 Å². The maximum Gasteiger partial charge on any atom is 0.168 e. The largest absolute Gasteiger partial charge is 0.502 e. The number of allylic oxidation sites excluding steroid dienone is 1. The molecule has 0 amide bonds. The van der Waals surface area contributed by atoms with Gasteiger partial charge in [0.05, 0.1) is 37.6 Å². The van der Waals surface area contributed by atoms with Crippen LogP contribution in [-0.4, -0.2) is 26.1 Å². The maximum atomic E-state index is 9.39. The average Bonchev–Trinajstić information content (AvgIpc) is 2.81. The molecule has 1 aliphatic carbocycles. The summed E-state index contributed by atoms with van der Waals surface area (Å²) in [4.78, 5) is 0. The monoisotopic (exact) mass is 237 g/mol. The highest BCUT2D eigenvalue weighted by atomic mass is 16.7. The molecule has 2 aliphatic rings. The molecule has 1 aliphatic heterocycles. The standard InChI is InChI=1S/C13H19NO3/c1-11(15-2)9-12(10-14)3-5-13(6-4-12)16-7-8-17-13/h1,3-9H2,2H3. The van der Waals surface area contributed by atoms with Crippen LogP contribution in [0.3, 0.4) is 0 Å². The lowest BCUT2D eigenvalue weighted by atomic mass is 9.70. The minimum Gasteiger partial charge on any atom is -0.502 e. The van der Waals surface area contributed by atoms with Crippen LogP contribution in [0.5, 0.6) is 0 Å². The Morgan fingerprint density at radius 3 is 2.35 bits per heavy atom. The van der Waals surface area contributed by atoms with Gasteiger partial charge in [-0.15, -0.1) is 0 Å². The minimum atomic E-state index is -0.408. The molecule has 0 aromatic carbocycles. The molecule has 4 nitrogen and oxygen atoms in total. The summed E-state index contributed by atoms with van der Waals surface area (Å²) >= 11 is 0. The molecule has 0 bridgehead atoms. The smallest absolute Gasteiger partial charge is 0.168 e. The number of hydrogen-bond acceptors (Lipinski definition) is 4. The second-order valence-corrected chi connectivity index (χ2v) is 4.92. The van der Waals surface area contributed by atoms with Crippen molar-refractivity contribution in [2.75, 3.05) is 20.3 Å². The summed E-state index contributed by atoms with van der Waals surface area (Å²) in [6.07, 6.45) is 3.75. The SMILES string of the molecule is C=C(CC1(C#N)CCC2(CC1)OCCO2)OC. The molecule has 2 rings (SSSR count). The summed E-state index contributed by atoms with van der Waals surface area (Å²) in [7, 11) is 1.60. The zero-order valence-electron chi connectivity index (χ0n) is 10.3. The molecule has 17 heavy (non-hydrogen) atoms. The van der Waals surface area contributed by atoms with Gasteiger partial charge in [-0.25, -0.2) is 0 Å². The molecule has 0 aromatic heterocycles. The van der Waals surface area contributed by atoms with Crippen molar-refractivity contribution in [2.45, 2.75) is 37.9 Å². The number of methoxy groups -OCH3 is 1. The van der Waals surface area contributed by atoms with Gasteiger partial charge in [0.15, 0.2) is 5.79 Å². The normalized spacial score (nSPS) is 25.4. The highest BCUT2D eigenvalue weighted by Gasteiger charge is 2.46. The molecule has 1 saturated carbocycles. The third-order valence-corrected chi connectivity index (χ3v) is 3.84. The van der Waals surface area contributed by atoms with Gasteiger partial charge in [-0.1, -0.05) is 6.58 Å². The predicted molar refractivity (Wildman–Crippen MR) is 61.9 cm³/mol. The third-order valence-electron chi connectivity index (χ3n) is 3.84. The summed E-state index contributed by atoms with van der Waals surface area (Å²) in [5.74, 6) is 0.269. The second kappa shape index (κ2) is 4.67. The summed E-state index contributed by atoms with van der Waals surface area (Å²) in [6.45, 7) is 5.16. The Bertz CT molecular complexity index is 329. The van der Waals surface area contributed by atoms with E-state index in [0.717, 1.165) is 25.7 Å². The van der Waals surface area contributed by atoms with Gasteiger partial charge in [-0.2, -0.15) is 5.26 Å². The number of ether oxygens (including phenoxy) is 3. The zero-order chi connectivity index (χ0) is 12.4. The van der Waals surface area contributed by atoms with Crippen molar-refractivity contribution < 1.29 is 14.2 Å². The first-order valence-electron chi connectivity index (χ1n) is 6.05. The van der Waals surface area contributed by atoms with Crippen LogP contribution in [0.4, 0.5) is 0 Å². The Hall–Kier alpha value is -1.05. The van der Waals surface area contributed by atoms with E-state index in [1.165, 1.54) is 0 Å². The fourth-order valence-corrected chi connectivity index (χ4v) is 2.67. The van der Waals surface area contributed by atoms with Gasteiger partial charge in [0.1, 0.15) is 0 Å².